The van der Waals surface area contributed by atoms with E-state index in [0.29, 0.717) is 16.8 Å². The summed E-state index contributed by atoms with van der Waals surface area (Å²) in [5.74, 6) is -1.46. The topological polar surface area (TPSA) is 55.4 Å². The molecule has 0 saturated carbocycles. The maximum atomic E-state index is 13.3. The van der Waals surface area contributed by atoms with Gasteiger partial charge in [-0.3, -0.25) is 4.79 Å². The number of carbonyl (C=O) groups excluding carboxylic acids is 2. The number of fused-ring (bicyclic) bond motifs is 1. The Kier molecular flexibility index (Phi) is 4.10. The lowest BCUT2D eigenvalue weighted by Gasteiger charge is -2.23. The van der Waals surface area contributed by atoms with Gasteiger partial charge in [-0.2, -0.15) is 0 Å². The number of halogens is 1. The van der Waals surface area contributed by atoms with Gasteiger partial charge in [0.15, 0.2) is 6.10 Å². The number of benzene rings is 2. The minimum atomic E-state index is -0.956. The number of hydrogen-bond acceptors (Lipinski definition) is 3. The molecule has 5 heteroatoms. The van der Waals surface area contributed by atoms with Gasteiger partial charge in [-0.25, -0.2) is 9.18 Å². The van der Waals surface area contributed by atoms with E-state index < -0.39 is 23.8 Å². The van der Waals surface area contributed by atoms with Gasteiger partial charge in [-0.15, -0.1) is 0 Å². The molecule has 1 amide bonds. The molecule has 1 N–H and O–H groups in total. The minimum Gasteiger partial charge on any atom is -0.448 e. The van der Waals surface area contributed by atoms with Crippen molar-refractivity contribution in [3.63, 3.8) is 0 Å². The molecule has 0 radical (unpaired) electrons. The van der Waals surface area contributed by atoms with Gasteiger partial charge in [0.2, 0.25) is 0 Å². The van der Waals surface area contributed by atoms with Crippen LogP contribution in [0.3, 0.4) is 0 Å². The zero-order valence-corrected chi connectivity index (χ0v) is 12.6. The second-order valence-electron chi connectivity index (χ2n) is 5.44. The van der Waals surface area contributed by atoms with E-state index in [1.165, 1.54) is 18.2 Å². The van der Waals surface area contributed by atoms with Crippen LogP contribution in [0.25, 0.3) is 0 Å². The smallest absolute Gasteiger partial charge is 0.339 e. The second-order valence-corrected chi connectivity index (χ2v) is 5.44. The Morgan fingerprint density at radius 3 is 2.70 bits per heavy atom. The van der Waals surface area contributed by atoms with E-state index >= 15 is 0 Å². The molecule has 0 aliphatic carbocycles. The summed E-state index contributed by atoms with van der Waals surface area (Å²) in [6, 6.07) is 11.3. The first-order chi connectivity index (χ1) is 11.1. The van der Waals surface area contributed by atoms with Crippen molar-refractivity contribution in [2.75, 3.05) is 5.32 Å². The summed E-state index contributed by atoms with van der Waals surface area (Å²) in [7, 11) is 0. The lowest BCUT2D eigenvalue weighted by atomic mass is 9.98. The number of cyclic esters (lactones) is 1. The summed E-state index contributed by atoms with van der Waals surface area (Å²) < 4.78 is 18.5. The zero-order chi connectivity index (χ0) is 16.4. The minimum absolute atomic E-state index is 0.164. The highest BCUT2D eigenvalue weighted by molar-refractivity contribution is 6.00. The van der Waals surface area contributed by atoms with Gasteiger partial charge >= 0.3 is 5.97 Å². The van der Waals surface area contributed by atoms with Gasteiger partial charge in [-0.1, -0.05) is 19.1 Å². The molecule has 2 aromatic rings. The van der Waals surface area contributed by atoms with Crippen LogP contribution >= 0.6 is 0 Å². The summed E-state index contributed by atoms with van der Waals surface area (Å²) in [4.78, 5) is 24.2. The average Bonchev–Trinajstić information content (AvgIpc) is 2.55. The molecule has 118 valence electrons. The van der Waals surface area contributed by atoms with Crippen molar-refractivity contribution < 1.29 is 18.7 Å². The van der Waals surface area contributed by atoms with Crippen molar-refractivity contribution in [2.45, 2.75) is 25.9 Å². The van der Waals surface area contributed by atoms with Crippen molar-refractivity contribution in [1.82, 2.24) is 0 Å². The number of hydrogen-bond donors (Lipinski definition) is 1. The number of amides is 1. The number of aryl methyl sites for hydroxylation is 1. The van der Waals surface area contributed by atoms with E-state index in [1.54, 1.807) is 12.1 Å². The molecule has 0 fully saturated rings. The molecule has 2 aromatic carbocycles. The van der Waals surface area contributed by atoms with Gasteiger partial charge in [0.05, 0.1) is 5.56 Å². The third kappa shape index (κ3) is 3.23. The van der Waals surface area contributed by atoms with Crippen molar-refractivity contribution in [2.24, 2.45) is 0 Å². The van der Waals surface area contributed by atoms with Crippen LogP contribution in [-0.2, 0) is 22.4 Å². The van der Waals surface area contributed by atoms with Gasteiger partial charge < -0.3 is 10.1 Å². The maximum Gasteiger partial charge on any atom is 0.339 e. The number of rotatable bonds is 3. The van der Waals surface area contributed by atoms with Crippen molar-refractivity contribution in [3.05, 3.63) is 65.0 Å². The molecule has 0 spiro atoms. The Bertz CT molecular complexity index is 755. The van der Waals surface area contributed by atoms with Crippen LogP contribution in [-0.4, -0.2) is 18.0 Å². The van der Waals surface area contributed by atoms with Crippen LogP contribution in [0, 0.1) is 5.82 Å². The van der Waals surface area contributed by atoms with E-state index in [2.05, 4.69) is 5.32 Å². The molecule has 0 saturated heterocycles. The van der Waals surface area contributed by atoms with Crippen LogP contribution in [0.15, 0.2) is 42.5 Å². The number of esters is 1. The normalized spacial score (nSPS) is 16.4. The number of nitrogens with one attached hydrogen (secondary N) is 1. The number of carbonyl (C=O) groups is 2. The zero-order valence-electron chi connectivity index (χ0n) is 12.6. The first-order valence-electron chi connectivity index (χ1n) is 7.46. The molecule has 1 atom stereocenters. The van der Waals surface area contributed by atoms with E-state index in [4.69, 9.17) is 4.74 Å². The summed E-state index contributed by atoms with van der Waals surface area (Å²) in [6.07, 6.45) is 0.122. The fourth-order valence-electron chi connectivity index (χ4n) is 2.56. The third-order valence-corrected chi connectivity index (χ3v) is 3.86. The van der Waals surface area contributed by atoms with Crippen molar-refractivity contribution >= 4 is 17.6 Å². The molecule has 1 aliphatic rings. The third-order valence-electron chi connectivity index (χ3n) is 3.86. The molecular formula is C18H16FNO3. The molecule has 1 unspecified atom stereocenters. The summed E-state index contributed by atoms with van der Waals surface area (Å²) >= 11 is 0. The highest BCUT2D eigenvalue weighted by Crippen LogP contribution is 2.22. The Hall–Kier alpha value is -2.69. The van der Waals surface area contributed by atoms with Gasteiger partial charge in [0.1, 0.15) is 5.82 Å². The highest BCUT2D eigenvalue weighted by atomic mass is 19.1. The van der Waals surface area contributed by atoms with Crippen LogP contribution < -0.4 is 5.32 Å². The van der Waals surface area contributed by atoms with Crippen molar-refractivity contribution in [3.8, 4) is 0 Å². The molecule has 1 heterocycles. The van der Waals surface area contributed by atoms with Crippen LogP contribution in [0.1, 0.15) is 28.4 Å². The first-order valence-corrected chi connectivity index (χ1v) is 7.46. The van der Waals surface area contributed by atoms with Gasteiger partial charge in [-0.05, 0) is 47.9 Å². The monoisotopic (exact) mass is 313 g/mol. The maximum absolute atomic E-state index is 13.3. The van der Waals surface area contributed by atoms with Gasteiger partial charge in [0.25, 0.3) is 5.91 Å². The fraction of sp³-hybridized carbons (Fsp3) is 0.222. The molecule has 3 rings (SSSR count). The summed E-state index contributed by atoms with van der Waals surface area (Å²) in [5, 5.41) is 2.72. The SMILES string of the molecule is CCc1ccc(NC(=O)C2Cc3cc(F)ccc3C(=O)O2)cc1. The standard InChI is InChI=1S/C18H16FNO3/c1-2-11-3-6-14(7-4-11)20-17(21)16-10-12-9-13(19)5-8-15(12)18(22)23-16/h3-9,16H,2,10H2,1H3,(H,20,21). The van der Waals surface area contributed by atoms with Crippen LogP contribution in [0.2, 0.25) is 0 Å². The van der Waals surface area contributed by atoms with E-state index in [1.807, 2.05) is 19.1 Å². The number of anilines is 1. The van der Waals surface area contributed by atoms with E-state index in [0.717, 1.165) is 12.0 Å². The predicted molar refractivity (Wildman–Crippen MR) is 83.8 cm³/mol. The molecule has 4 nitrogen and oxygen atoms in total. The number of ether oxygens (including phenoxy) is 1. The van der Waals surface area contributed by atoms with Gasteiger partial charge in [0, 0.05) is 12.1 Å². The van der Waals surface area contributed by atoms with Crippen LogP contribution in [0.5, 0.6) is 0 Å². The summed E-state index contributed by atoms with van der Waals surface area (Å²) in [6.45, 7) is 2.05. The Morgan fingerprint density at radius 1 is 1.26 bits per heavy atom. The average molecular weight is 313 g/mol. The quantitative estimate of drug-likeness (QED) is 0.886. The fourth-order valence-corrected chi connectivity index (χ4v) is 2.56. The molecule has 1 aliphatic heterocycles. The molecular weight excluding hydrogens is 297 g/mol. The Morgan fingerprint density at radius 2 is 2.00 bits per heavy atom. The lowest BCUT2D eigenvalue weighted by molar-refractivity contribution is -0.125. The largest absolute Gasteiger partial charge is 0.448 e. The first kappa shape index (κ1) is 15.2. The van der Waals surface area contributed by atoms with Crippen molar-refractivity contribution in [1.29, 1.82) is 0 Å². The van der Waals surface area contributed by atoms with E-state index in [9.17, 15) is 14.0 Å². The highest BCUT2D eigenvalue weighted by Gasteiger charge is 2.31. The Labute approximate surface area is 133 Å². The summed E-state index contributed by atoms with van der Waals surface area (Å²) in [5.41, 5.74) is 2.59. The lowest BCUT2D eigenvalue weighted by Crippen LogP contribution is -2.38. The predicted octanol–water partition coefficient (Wildman–Crippen LogP) is 3.11. The van der Waals surface area contributed by atoms with E-state index in [-0.39, 0.29) is 6.42 Å². The second kappa shape index (κ2) is 6.20. The molecule has 23 heavy (non-hydrogen) atoms. The Balaban J connectivity index is 1.74. The molecule has 0 bridgehead atoms. The molecule has 0 aromatic heterocycles. The van der Waals surface area contributed by atoms with Crippen LogP contribution in [0.4, 0.5) is 10.1 Å².